The fraction of sp³-hybridized carbons (Fsp3) is 0.545. The molecular formula is C11H17N5O. The van der Waals surface area contributed by atoms with E-state index in [0.717, 1.165) is 24.5 Å². The SMILES string of the molecule is Cc1nnccc1NC(=O)N1CC(N(C)C)C1. The highest BCUT2D eigenvalue weighted by atomic mass is 16.2. The molecule has 1 aromatic rings. The molecule has 0 saturated carbocycles. The van der Waals surface area contributed by atoms with Crippen LogP contribution in [0.3, 0.4) is 0 Å². The van der Waals surface area contributed by atoms with E-state index in [4.69, 9.17) is 0 Å². The average Bonchev–Trinajstić information content (AvgIpc) is 2.18. The molecule has 1 fully saturated rings. The van der Waals surface area contributed by atoms with Crippen molar-refractivity contribution in [1.29, 1.82) is 0 Å². The lowest BCUT2D eigenvalue weighted by molar-refractivity contribution is 0.0942. The van der Waals surface area contributed by atoms with Gasteiger partial charge in [-0.3, -0.25) is 0 Å². The summed E-state index contributed by atoms with van der Waals surface area (Å²) >= 11 is 0. The molecule has 6 nitrogen and oxygen atoms in total. The average molecular weight is 235 g/mol. The van der Waals surface area contributed by atoms with Gasteiger partial charge >= 0.3 is 6.03 Å². The Morgan fingerprint density at radius 1 is 1.53 bits per heavy atom. The van der Waals surface area contributed by atoms with Crippen molar-refractivity contribution < 1.29 is 4.79 Å². The van der Waals surface area contributed by atoms with Crippen LogP contribution in [0.4, 0.5) is 10.5 Å². The van der Waals surface area contributed by atoms with Gasteiger partial charge in [-0.1, -0.05) is 0 Å². The Morgan fingerprint density at radius 2 is 2.24 bits per heavy atom. The van der Waals surface area contributed by atoms with E-state index < -0.39 is 0 Å². The number of nitrogens with zero attached hydrogens (tertiary/aromatic N) is 4. The van der Waals surface area contributed by atoms with Gasteiger partial charge in [0.05, 0.1) is 17.6 Å². The molecule has 1 aliphatic heterocycles. The molecule has 2 amide bonds. The molecule has 1 aliphatic rings. The molecule has 0 aliphatic carbocycles. The Labute approximate surface area is 101 Å². The monoisotopic (exact) mass is 235 g/mol. The van der Waals surface area contributed by atoms with Gasteiger partial charge in [0.1, 0.15) is 0 Å². The van der Waals surface area contributed by atoms with Crippen LogP contribution in [-0.2, 0) is 0 Å². The molecule has 92 valence electrons. The number of carbonyl (C=O) groups is 1. The van der Waals surface area contributed by atoms with Crippen molar-refractivity contribution in [2.45, 2.75) is 13.0 Å². The van der Waals surface area contributed by atoms with Gasteiger partial charge in [-0.15, -0.1) is 0 Å². The van der Waals surface area contributed by atoms with E-state index in [-0.39, 0.29) is 6.03 Å². The molecule has 0 aromatic carbocycles. The van der Waals surface area contributed by atoms with Crippen LogP contribution in [0.2, 0.25) is 0 Å². The van der Waals surface area contributed by atoms with E-state index in [0.29, 0.717) is 6.04 Å². The topological polar surface area (TPSA) is 61.4 Å². The highest BCUT2D eigenvalue weighted by Gasteiger charge is 2.31. The Bertz CT molecular complexity index is 414. The highest BCUT2D eigenvalue weighted by molar-refractivity contribution is 5.90. The molecule has 2 heterocycles. The third kappa shape index (κ3) is 2.52. The first-order valence-electron chi connectivity index (χ1n) is 5.58. The predicted molar refractivity (Wildman–Crippen MR) is 64.8 cm³/mol. The van der Waals surface area contributed by atoms with Crippen LogP contribution >= 0.6 is 0 Å². The second-order valence-electron chi connectivity index (χ2n) is 4.48. The van der Waals surface area contributed by atoms with Gasteiger partial charge in [0, 0.05) is 19.1 Å². The number of amides is 2. The number of likely N-dealkylation sites (tertiary alicyclic amines) is 1. The zero-order valence-electron chi connectivity index (χ0n) is 10.3. The van der Waals surface area contributed by atoms with E-state index in [1.54, 1.807) is 17.2 Å². The lowest BCUT2D eigenvalue weighted by Gasteiger charge is -2.42. The van der Waals surface area contributed by atoms with Gasteiger partial charge in [-0.05, 0) is 27.1 Å². The van der Waals surface area contributed by atoms with Crippen LogP contribution in [0.1, 0.15) is 5.69 Å². The number of hydrogen-bond acceptors (Lipinski definition) is 4. The number of nitrogens with one attached hydrogen (secondary N) is 1. The molecule has 17 heavy (non-hydrogen) atoms. The van der Waals surface area contributed by atoms with E-state index in [1.807, 2.05) is 21.0 Å². The Hall–Kier alpha value is -1.69. The van der Waals surface area contributed by atoms with Crippen molar-refractivity contribution >= 4 is 11.7 Å². The third-order valence-electron chi connectivity index (χ3n) is 3.03. The summed E-state index contributed by atoms with van der Waals surface area (Å²) in [7, 11) is 4.05. The lowest BCUT2D eigenvalue weighted by atomic mass is 10.1. The largest absolute Gasteiger partial charge is 0.322 e. The maximum absolute atomic E-state index is 11.9. The Kier molecular flexibility index (Phi) is 3.23. The summed E-state index contributed by atoms with van der Waals surface area (Å²) in [6.45, 7) is 3.37. The second-order valence-corrected chi connectivity index (χ2v) is 4.48. The van der Waals surface area contributed by atoms with Crippen LogP contribution in [0.15, 0.2) is 12.3 Å². The molecule has 0 spiro atoms. The summed E-state index contributed by atoms with van der Waals surface area (Å²) in [6, 6.07) is 2.15. The molecule has 1 aromatic heterocycles. The summed E-state index contributed by atoms with van der Waals surface area (Å²) in [6.07, 6.45) is 1.57. The van der Waals surface area contributed by atoms with Crippen LogP contribution in [0.5, 0.6) is 0 Å². The van der Waals surface area contributed by atoms with Crippen molar-refractivity contribution in [3.05, 3.63) is 18.0 Å². The lowest BCUT2D eigenvalue weighted by Crippen LogP contribution is -2.60. The Morgan fingerprint density at radius 3 is 2.82 bits per heavy atom. The van der Waals surface area contributed by atoms with E-state index >= 15 is 0 Å². The molecule has 0 atom stereocenters. The zero-order valence-corrected chi connectivity index (χ0v) is 10.3. The van der Waals surface area contributed by atoms with E-state index in [1.165, 1.54) is 0 Å². The fourth-order valence-electron chi connectivity index (χ4n) is 1.68. The summed E-state index contributed by atoms with van der Waals surface area (Å²) in [4.78, 5) is 15.8. The summed E-state index contributed by atoms with van der Waals surface area (Å²) in [5, 5.41) is 10.5. The number of likely N-dealkylation sites (N-methyl/N-ethyl adjacent to an activating group) is 1. The van der Waals surface area contributed by atoms with Gasteiger partial charge in [0.2, 0.25) is 0 Å². The number of anilines is 1. The van der Waals surface area contributed by atoms with Crippen LogP contribution in [0, 0.1) is 6.92 Å². The number of rotatable bonds is 2. The first-order valence-corrected chi connectivity index (χ1v) is 5.58. The van der Waals surface area contributed by atoms with Crippen molar-refractivity contribution in [1.82, 2.24) is 20.0 Å². The molecule has 0 radical (unpaired) electrons. The maximum Gasteiger partial charge on any atom is 0.322 e. The standard InChI is InChI=1S/C11H17N5O/c1-8-10(4-5-12-14-8)13-11(17)16-6-9(7-16)15(2)3/h4-5,9H,6-7H2,1-3H3,(H,12,13,17). The highest BCUT2D eigenvalue weighted by Crippen LogP contribution is 2.15. The number of hydrogen-bond donors (Lipinski definition) is 1. The third-order valence-corrected chi connectivity index (χ3v) is 3.03. The number of urea groups is 1. The van der Waals surface area contributed by atoms with Gasteiger partial charge in [-0.2, -0.15) is 10.2 Å². The molecule has 0 bridgehead atoms. The number of carbonyl (C=O) groups excluding carboxylic acids is 1. The van der Waals surface area contributed by atoms with Crippen molar-refractivity contribution in [3.8, 4) is 0 Å². The van der Waals surface area contributed by atoms with Gasteiger partial charge in [0.15, 0.2) is 0 Å². The molecule has 0 unspecified atom stereocenters. The summed E-state index contributed by atoms with van der Waals surface area (Å²) < 4.78 is 0. The first-order chi connectivity index (χ1) is 8.08. The van der Waals surface area contributed by atoms with Gasteiger partial charge < -0.3 is 15.1 Å². The van der Waals surface area contributed by atoms with E-state index in [2.05, 4.69) is 20.4 Å². The number of aromatic nitrogens is 2. The van der Waals surface area contributed by atoms with Gasteiger partial charge in [-0.25, -0.2) is 4.79 Å². The predicted octanol–water partition coefficient (Wildman–Crippen LogP) is 0.563. The fourth-order valence-corrected chi connectivity index (χ4v) is 1.68. The molecule has 6 heteroatoms. The van der Waals surface area contributed by atoms with Crippen molar-refractivity contribution in [2.24, 2.45) is 0 Å². The van der Waals surface area contributed by atoms with E-state index in [9.17, 15) is 4.79 Å². The van der Waals surface area contributed by atoms with Crippen molar-refractivity contribution in [2.75, 3.05) is 32.5 Å². The minimum Gasteiger partial charge on any atom is -0.321 e. The molecular weight excluding hydrogens is 218 g/mol. The summed E-state index contributed by atoms with van der Waals surface area (Å²) in [5.41, 5.74) is 1.45. The second kappa shape index (κ2) is 4.67. The summed E-state index contributed by atoms with van der Waals surface area (Å²) in [5.74, 6) is 0. The first kappa shape index (κ1) is 11.8. The van der Waals surface area contributed by atoms with Gasteiger partial charge in [0.25, 0.3) is 0 Å². The molecule has 1 saturated heterocycles. The zero-order chi connectivity index (χ0) is 12.4. The van der Waals surface area contributed by atoms with Crippen LogP contribution < -0.4 is 5.32 Å². The van der Waals surface area contributed by atoms with Crippen molar-refractivity contribution in [3.63, 3.8) is 0 Å². The minimum atomic E-state index is -0.0702. The maximum atomic E-state index is 11.9. The smallest absolute Gasteiger partial charge is 0.321 e. The van der Waals surface area contributed by atoms with Crippen LogP contribution in [-0.4, -0.2) is 59.3 Å². The van der Waals surface area contributed by atoms with Crippen LogP contribution in [0.25, 0.3) is 0 Å². The Balaban J connectivity index is 1.89. The number of aryl methyl sites for hydroxylation is 1. The minimum absolute atomic E-state index is 0.0702. The molecule has 1 N–H and O–H groups in total. The molecule has 2 rings (SSSR count). The normalized spacial score (nSPS) is 15.9. The quantitative estimate of drug-likeness (QED) is 0.813.